The minimum absolute atomic E-state index is 0.0479. The Bertz CT molecular complexity index is 710. The summed E-state index contributed by atoms with van der Waals surface area (Å²) in [6.45, 7) is 0.540. The van der Waals surface area contributed by atoms with E-state index in [0.717, 1.165) is 17.0 Å². The predicted octanol–water partition coefficient (Wildman–Crippen LogP) is 2.31. The van der Waals surface area contributed by atoms with E-state index in [4.69, 9.17) is 4.74 Å². The van der Waals surface area contributed by atoms with Gasteiger partial charge in [-0.05, 0) is 30.3 Å². The molecule has 21 heavy (non-hydrogen) atoms. The third-order valence-electron chi connectivity index (χ3n) is 3.20. The summed E-state index contributed by atoms with van der Waals surface area (Å²) in [6, 6.07) is 13.7. The Kier molecular flexibility index (Phi) is 3.55. The van der Waals surface area contributed by atoms with Crippen molar-refractivity contribution in [2.24, 2.45) is 5.10 Å². The average Bonchev–Trinajstić information content (AvgIpc) is 2.52. The van der Waals surface area contributed by atoms with Crippen LogP contribution in [0.5, 0.6) is 11.5 Å². The maximum atomic E-state index is 12.0. The van der Waals surface area contributed by atoms with Crippen LogP contribution < -0.4 is 10.2 Å². The second-order valence-electron chi connectivity index (χ2n) is 4.64. The number of fused-ring (bicyclic) bond motifs is 1. The molecule has 0 saturated carbocycles. The number of para-hydroxylation sites is 1. The van der Waals surface area contributed by atoms with E-state index in [1.165, 1.54) is 12.1 Å². The molecule has 5 nitrogen and oxygen atoms in total. The Balaban J connectivity index is 1.79. The fraction of sp³-hybridized carbons (Fsp3) is 0.125. The number of phenolic OH excluding ortho intramolecular Hbond substituents is 1. The summed E-state index contributed by atoms with van der Waals surface area (Å²) >= 11 is 0. The quantitative estimate of drug-likeness (QED) is 0.830. The van der Waals surface area contributed by atoms with Gasteiger partial charge in [-0.25, -0.2) is 5.43 Å². The maximum Gasteiger partial charge on any atom is 0.271 e. The molecule has 0 radical (unpaired) electrons. The Morgan fingerprint density at radius 1 is 1.19 bits per heavy atom. The van der Waals surface area contributed by atoms with Crippen LogP contribution in [0.4, 0.5) is 0 Å². The van der Waals surface area contributed by atoms with Gasteiger partial charge in [-0.3, -0.25) is 4.79 Å². The molecule has 1 aliphatic heterocycles. The molecule has 0 bridgehead atoms. The highest BCUT2D eigenvalue weighted by atomic mass is 16.5. The second-order valence-corrected chi connectivity index (χ2v) is 4.64. The number of rotatable bonds is 2. The van der Waals surface area contributed by atoms with Crippen molar-refractivity contribution < 1.29 is 14.6 Å². The molecule has 0 saturated heterocycles. The normalized spacial score (nSPS) is 15.1. The lowest BCUT2D eigenvalue weighted by Gasteiger charge is -2.18. The number of ether oxygens (including phenoxy) is 1. The molecule has 3 rings (SSSR count). The zero-order valence-electron chi connectivity index (χ0n) is 11.2. The Labute approximate surface area is 121 Å². The van der Waals surface area contributed by atoms with Crippen LogP contribution >= 0.6 is 0 Å². The van der Waals surface area contributed by atoms with E-state index in [9.17, 15) is 9.90 Å². The number of carbonyl (C=O) groups is 1. The van der Waals surface area contributed by atoms with Crippen molar-refractivity contribution in [2.45, 2.75) is 6.42 Å². The van der Waals surface area contributed by atoms with Gasteiger partial charge in [-0.2, -0.15) is 5.10 Å². The summed E-state index contributed by atoms with van der Waals surface area (Å²) in [5, 5.41) is 13.6. The fourth-order valence-electron chi connectivity index (χ4n) is 2.17. The van der Waals surface area contributed by atoms with E-state index in [-0.39, 0.29) is 11.7 Å². The number of benzene rings is 2. The first kappa shape index (κ1) is 13.2. The van der Waals surface area contributed by atoms with Gasteiger partial charge in [-0.1, -0.05) is 18.2 Å². The first-order valence-corrected chi connectivity index (χ1v) is 6.62. The molecule has 5 heteroatoms. The molecule has 106 valence electrons. The smallest absolute Gasteiger partial charge is 0.271 e. The maximum absolute atomic E-state index is 12.0. The number of hydrogen-bond donors (Lipinski definition) is 2. The second kappa shape index (κ2) is 5.66. The minimum Gasteiger partial charge on any atom is -0.508 e. The van der Waals surface area contributed by atoms with E-state index in [0.29, 0.717) is 18.6 Å². The third kappa shape index (κ3) is 2.86. The minimum atomic E-state index is -0.359. The molecule has 2 N–H and O–H groups in total. The molecule has 1 heterocycles. The Hall–Kier alpha value is -2.82. The number of nitrogens with one attached hydrogen (secondary N) is 1. The summed E-state index contributed by atoms with van der Waals surface area (Å²) < 4.78 is 5.53. The molecular weight excluding hydrogens is 268 g/mol. The SMILES string of the molecule is O=C(N/N=C1/CCOc2ccccc21)c1cccc(O)c1. The largest absolute Gasteiger partial charge is 0.508 e. The van der Waals surface area contributed by atoms with Gasteiger partial charge < -0.3 is 9.84 Å². The van der Waals surface area contributed by atoms with Gasteiger partial charge in [-0.15, -0.1) is 0 Å². The van der Waals surface area contributed by atoms with E-state index >= 15 is 0 Å². The Morgan fingerprint density at radius 2 is 2.05 bits per heavy atom. The van der Waals surface area contributed by atoms with Crippen LogP contribution in [-0.2, 0) is 0 Å². The van der Waals surface area contributed by atoms with Crippen molar-refractivity contribution in [3.8, 4) is 11.5 Å². The standard InChI is InChI=1S/C16H14N2O3/c19-12-5-3-4-11(10-12)16(20)18-17-14-8-9-21-15-7-2-1-6-13(14)15/h1-7,10,19H,8-9H2,(H,18,20)/b17-14-. The monoisotopic (exact) mass is 282 g/mol. The molecule has 0 unspecified atom stereocenters. The van der Waals surface area contributed by atoms with Crippen molar-refractivity contribution in [1.29, 1.82) is 0 Å². The van der Waals surface area contributed by atoms with Crippen LogP contribution in [0.1, 0.15) is 22.3 Å². The first-order valence-electron chi connectivity index (χ1n) is 6.62. The van der Waals surface area contributed by atoms with Crippen LogP contribution in [0.15, 0.2) is 53.6 Å². The van der Waals surface area contributed by atoms with Crippen LogP contribution in [0, 0.1) is 0 Å². The fourth-order valence-corrected chi connectivity index (χ4v) is 2.17. The summed E-state index contributed by atoms with van der Waals surface area (Å²) in [5.41, 5.74) is 4.55. The van der Waals surface area contributed by atoms with Crippen molar-refractivity contribution in [3.63, 3.8) is 0 Å². The number of nitrogens with zero attached hydrogens (tertiary/aromatic N) is 1. The topological polar surface area (TPSA) is 70.9 Å². The number of hydrazone groups is 1. The Morgan fingerprint density at radius 3 is 2.90 bits per heavy atom. The molecule has 0 atom stereocenters. The van der Waals surface area contributed by atoms with Gasteiger partial charge in [0.15, 0.2) is 0 Å². The lowest BCUT2D eigenvalue weighted by atomic mass is 10.0. The van der Waals surface area contributed by atoms with Crippen LogP contribution in [-0.4, -0.2) is 23.3 Å². The third-order valence-corrected chi connectivity index (χ3v) is 3.20. The molecule has 1 amide bonds. The lowest BCUT2D eigenvalue weighted by Crippen LogP contribution is -2.23. The summed E-state index contributed by atoms with van der Waals surface area (Å²) in [5.74, 6) is 0.461. The van der Waals surface area contributed by atoms with E-state index in [1.54, 1.807) is 12.1 Å². The van der Waals surface area contributed by atoms with E-state index in [2.05, 4.69) is 10.5 Å². The van der Waals surface area contributed by atoms with Crippen LogP contribution in [0.25, 0.3) is 0 Å². The van der Waals surface area contributed by atoms with Crippen LogP contribution in [0.3, 0.4) is 0 Å². The van der Waals surface area contributed by atoms with Gasteiger partial charge in [0.2, 0.25) is 0 Å². The average molecular weight is 282 g/mol. The van der Waals surface area contributed by atoms with Gasteiger partial charge in [0.25, 0.3) is 5.91 Å². The van der Waals surface area contributed by atoms with Crippen molar-refractivity contribution >= 4 is 11.6 Å². The molecule has 0 fully saturated rings. The zero-order valence-corrected chi connectivity index (χ0v) is 11.2. The van der Waals surface area contributed by atoms with Gasteiger partial charge in [0, 0.05) is 17.5 Å². The molecule has 0 aliphatic carbocycles. The highest BCUT2D eigenvalue weighted by molar-refractivity contribution is 6.04. The molecule has 1 aliphatic rings. The summed E-state index contributed by atoms with van der Waals surface area (Å²) in [7, 11) is 0. The van der Waals surface area contributed by atoms with Crippen molar-refractivity contribution in [2.75, 3.05) is 6.61 Å². The van der Waals surface area contributed by atoms with Crippen LogP contribution in [0.2, 0.25) is 0 Å². The highest BCUT2D eigenvalue weighted by Crippen LogP contribution is 2.24. The van der Waals surface area contributed by atoms with E-state index in [1.807, 2.05) is 24.3 Å². The van der Waals surface area contributed by atoms with Gasteiger partial charge in [0.05, 0.1) is 12.3 Å². The predicted molar refractivity (Wildman–Crippen MR) is 78.7 cm³/mol. The number of aromatic hydroxyl groups is 1. The molecule has 0 spiro atoms. The molecule has 2 aromatic carbocycles. The number of carbonyl (C=O) groups excluding carboxylic acids is 1. The summed E-state index contributed by atoms with van der Waals surface area (Å²) in [4.78, 5) is 12.0. The van der Waals surface area contributed by atoms with Crippen molar-refractivity contribution in [3.05, 3.63) is 59.7 Å². The van der Waals surface area contributed by atoms with Crippen molar-refractivity contribution in [1.82, 2.24) is 5.43 Å². The van der Waals surface area contributed by atoms with Gasteiger partial charge >= 0.3 is 0 Å². The number of phenols is 1. The lowest BCUT2D eigenvalue weighted by molar-refractivity contribution is 0.0954. The number of amides is 1. The van der Waals surface area contributed by atoms with Gasteiger partial charge in [0.1, 0.15) is 11.5 Å². The number of hydrogen-bond acceptors (Lipinski definition) is 4. The highest BCUT2D eigenvalue weighted by Gasteiger charge is 2.16. The molecular formula is C16H14N2O3. The zero-order chi connectivity index (χ0) is 14.7. The molecule has 2 aromatic rings. The van der Waals surface area contributed by atoms with E-state index < -0.39 is 0 Å². The molecule has 0 aromatic heterocycles. The first-order chi connectivity index (χ1) is 10.2. The summed E-state index contributed by atoms with van der Waals surface area (Å²) in [6.07, 6.45) is 0.636.